The highest BCUT2D eigenvalue weighted by atomic mass is 16.6. The van der Waals surface area contributed by atoms with Gasteiger partial charge in [0.15, 0.2) is 0 Å². The molecule has 0 aromatic heterocycles. The van der Waals surface area contributed by atoms with Crippen LogP contribution in [0, 0.1) is 11.3 Å². The first-order valence-electron chi connectivity index (χ1n) is 13.7. The number of ether oxygens (including phenoxy) is 1. The molecule has 1 aromatic carbocycles. The number of carboxylic acids is 1. The van der Waals surface area contributed by atoms with E-state index in [1.807, 2.05) is 56.0 Å². The van der Waals surface area contributed by atoms with Crippen molar-refractivity contribution in [2.45, 2.75) is 83.1 Å². The molecular formula is C29H40N4O6. The van der Waals surface area contributed by atoms with Crippen molar-refractivity contribution in [3.63, 3.8) is 0 Å². The topological polar surface area (TPSA) is 128 Å². The molecule has 3 amide bonds. The Hall–Kier alpha value is -3.40. The summed E-state index contributed by atoms with van der Waals surface area (Å²) in [6.07, 6.45) is 4.61. The van der Waals surface area contributed by atoms with Gasteiger partial charge in [-0.3, -0.25) is 14.5 Å². The van der Waals surface area contributed by atoms with E-state index in [-0.39, 0.29) is 31.7 Å². The van der Waals surface area contributed by atoms with Gasteiger partial charge < -0.3 is 25.4 Å². The highest BCUT2D eigenvalue weighted by Gasteiger charge is 2.61. The van der Waals surface area contributed by atoms with Gasteiger partial charge in [-0.05, 0) is 43.1 Å². The minimum atomic E-state index is -1.41. The normalized spacial score (nSPS) is 26.1. The van der Waals surface area contributed by atoms with E-state index in [2.05, 4.69) is 17.2 Å². The molecule has 0 spiro atoms. The van der Waals surface area contributed by atoms with Gasteiger partial charge in [0.25, 0.3) is 0 Å². The molecule has 0 radical (unpaired) electrons. The van der Waals surface area contributed by atoms with Crippen LogP contribution in [0.4, 0.5) is 4.79 Å². The van der Waals surface area contributed by atoms with Crippen molar-refractivity contribution in [3.05, 3.63) is 48.6 Å². The minimum Gasteiger partial charge on any atom is -0.479 e. The monoisotopic (exact) mass is 540 g/mol. The van der Waals surface area contributed by atoms with E-state index in [1.54, 1.807) is 0 Å². The summed E-state index contributed by atoms with van der Waals surface area (Å²) in [6, 6.07) is 7.82. The molecule has 4 rings (SSSR count). The quantitative estimate of drug-likeness (QED) is 0.411. The zero-order valence-corrected chi connectivity index (χ0v) is 23.0. The average molecular weight is 541 g/mol. The van der Waals surface area contributed by atoms with Gasteiger partial charge >= 0.3 is 12.1 Å². The molecule has 1 heterocycles. The summed E-state index contributed by atoms with van der Waals surface area (Å²) in [5, 5.41) is 15.3. The van der Waals surface area contributed by atoms with E-state index in [9.17, 15) is 24.3 Å². The minimum absolute atomic E-state index is 0.155. The van der Waals surface area contributed by atoms with Crippen LogP contribution in [0.5, 0.6) is 0 Å². The molecule has 4 atom stereocenters. The second-order valence-corrected chi connectivity index (χ2v) is 12.0. The lowest BCUT2D eigenvalue weighted by Gasteiger charge is -2.35. The lowest BCUT2D eigenvalue weighted by atomic mass is 9.85. The van der Waals surface area contributed by atoms with Crippen LogP contribution in [0.1, 0.15) is 58.4 Å². The summed E-state index contributed by atoms with van der Waals surface area (Å²) >= 11 is 0. The van der Waals surface area contributed by atoms with Crippen LogP contribution < -0.4 is 10.6 Å². The number of nitrogens with one attached hydrogen (secondary N) is 2. The van der Waals surface area contributed by atoms with Crippen molar-refractivity contribution in [1.29, 1.82) is 0 Å². The van der Waals surface area contributed by atoms with Gasteiger partial charge in [-0.15, -0.1) is 6.58 Å². The van der Waals surface area contributed by atoms with Gasteiger partial charge in [-0.25, -0.2) is 9.59 Å². The highest BCUT2D eigenvalue weighted by Crippen LogP contribution is 2.44. The summed E-state index contributed by atoms with van der Waals surface area (Å²) in [5.74, 6) is -2.45. The highest BCUT2D eigenvalue weighted by molar-refractivity contribution is 5.96. The second kappa shape index (κ2) is 11.4. The number of rotatable bonds is 9. The number of benzene rings is 1. The van der Waals surface area contributed by atoms with Crippen molar-refractivity contribution in [1.82, 2.24) is 20.4 Å². The number of alkyl carbamates (subject to hydrolysis) is 1. The molecule has 39 heavy (non-hydrogen) atoms. The van der Waals surface area contributed by atoms with E-state index < -0.39 is 46.9 Å². The zero-order chi connectivity index (χ0) is 28.4. The van der Waals surface area contributed by atoms with Gasteiger partial charge in [0, 0.05) is 19.0 Å². The summed E-state index contributed by atoms with van der Waals surface area (Å²) in [7, 11) is 0. The molecular weight excluding hydrogens is 500 g/mol. The number of aliphatic carboxylic acids is 1. The zero-order valence-electron chi connectivity index (χ0n) is 23.0. The Bertz CT molecular complexity index is 1100. The summed E-state index contributed by atoms with van der Waals surface area (Å²) in [6.45, 7) is 10.1. The fourth-order valence-electron chi connectivity index (χ4n) is 5.56. The van der Waals surface area contributed by atoms with E-state index in [1.165, 1.54) is 11.0 Å². The van der Waals surface area contributed by atoms with Gasteiger partial charge in [-0.1, -0.05) is 57.2 Å². The van der Waals surface area contributed by atoms with Gasteiger partial charge in [0.05, 0.1) is 6.67 Å². The molecule has 2 saturated carbocycles. The van der Waals surface area contributed by atoms with Crippen molar-refractivity contribution in [2.24, 2.45) is 11.3 Å². The largest absolute Gasteiger partial charge is 0.479 e. The second-order valence-electron chi connectivity index (χ2n) is 12.0. The maximum absolute atomic E-state index is 14.0. The Kier molecular flexibility index (Phi) is 8.34. The lowest BCUT2D eigenvalue weighted by Crippen LogP contribution is -2.59. The smallest absolute Gasteiger partial charge is 0.408 e. The Morgan fingerprint density at radius 3 is 2.41 bits per heavy atom. The van der Waals surface area contributed by atoms with Crippen LogP contribution >= 0.6 is 0 Å². The number of carboxylic acid groups (broad SMARTS) is 1. The number of hydrogen-bond acceptors (Lipinski definition) is 6. The average Bonchev–Trinajstić information content (AvgIpc) is 3.17. The Balaban J connectivity index is 1.55. The molecule has 2 aliphatic carbocycles. The first-order chi connectivity index (χ1) is 18.4. The molecule has 1 aliphatic heterocycles. The molecule has 212 valence electrons. The van der Waals surface area contributed by atoms with Crippen LogP contribution in [0.25, 0.3) is 0 Å². The van der Waals surface area contributed by atoms with Crippen LogP contribution in [0.3, 0.4) is 0 Å². The SMILES string of the molecule is C=C[C@@H]1C[C@]1(NC(=O)[C@@H]1CN(Cc2ccccc2)CN1C(=O)[C@@H](NC(=O)OC1CCCC1)C(C)(C)C)C(=O)O. The third-order valence-corrected chi connectivity index (χ3v) is 7.97. The fourth-order valence-corrected chi connectivity index (χ4v) is 5.56. The van der Waals surface area contributed by atoms with Crippen molar-refractivity contribution >= 4 is 23.9 Å². The van der Waals surface area contributed by atoms with Crippen LogP contribution in [-0.2, 0) is 25.7 Å². The van der Waals surface area contributed by atoms with Crippen molar-refractivity contribution in [2.75, 3.05) is 13.2 Å². The third kappa shape index (κ3) is 6.43. The molecule has 0 unspecified atom stereocenters. The van der Waals surface area contributed by atoms with Crippen LogP contribution in [0.2, 0.25) is 0 Å². The molecule has 0 bridgehead atoms. The first-order valence-corrected chi connectivity index (χ1v) is 13.7. The summed E-state index contributed by atoms with van der Waals surface area (Å²) < 4.78 is 5.56. The number of carbonyl (C=O) groups excluding carboxylic acids is 3. The van der Waals surface area contributed by atoms with Crippen LogP contribution in [-0.4, -0.2) is 75.7 Å². The Morgan fingerprint density at radius 1 is 1.18 bits per heavy atom. The predicted octanol–water partition coefficient (Wildman–Crippen LogP) is 2.89. The molecule has 1 aromatic rings. The van der Waals surface area contributed by atoms with E-state index in [0.717, 1.165) is 31.2 Å². The maximum atomic E-state index is 14.0. The standard InChI is InChI=1S/C29H40N4O6/c1-5-20-15-29(20,26(36)37)31-24(34)22-17-32(16-19-11-7-6-8-12-19)18-33(22)25(35)23(28(2,3)4)30-27(38)39-21-13-9-10-14-21/h5-8,11-12,20-23H,1,9-10,13-18H2,2-4H3,(H,30,38)(H,31,34)(H,36,37)/t20-,22+,23-,29-/m1/s1. The Morgan fingerprint density at radius 2 is 1.85 bits per heavy atom. The number of carbonyl (C=O) groups is 4. The van der Waals surface area contributed by atoms with Crippen molar-refractivity contribution in [3.8, 4) is 0 Å². The molecule has 3 N–H and O–H groups in total. The molecule has 1 saturated heterocycles. The van der Waals surface area contributed by atoms with Crippen LogP contribution in [0.15, 0.2) is 43.0 Å². The first kappa shape index (κ1) is 28.6. The molecule has 10 heteroatoms. The number of hydrogen-bond donors (Lipinski definition) is 3. The summed E-state index contributed by atoms with van der Waals surface area (Å²) in [4.78, 5) is 55.8. The molecule has 3 aliphatic rings. The molecule has 10 nitrogen and oxygen atoms in total. The van der Waals surface area contributed by atoms with E-state index >= 15 is 0 Å². The Labute approximate surface area is 229 Å². The third-order valence-electron chi connectivity index (χ3n) is 7.97. The van der Waals surface area contributed by atoms with Gasteiger partial charge in [0.1, 0.15) is 23.7 Å². The maximum Gasteiger partial charge on any atom is 0.408 e. The van der Waals surface area contributed by atoms with Gasteiger partial charge in [-0.2, -0.15) is 0 Å². The fraction of sp³-hybridized carbons (Fsp3) is 0.586. The van der Waals surface area contributed by atoms with Crippen molar-refractivity contribution < 1.29 is 29.0 Å². The predicted molar refractivity (Wildman–Crippen MR) is 144 cm³/mol. The lowest BCUT2D eigenvalue weighted by molar-refractivity contribution is -0.146. The van der Waals surface area contributed by atoms with E-state index in [4.69, 9.17) is 4.74 Å². The molecule has 3 fully saturated rings. The number of nitrogens with zero attached hydrogens (tertiary/aromatic N) is 2. The van der Waals surface area contributed by atoms with E-state index in [0.29, 0.717) is 6.54 Å². The summed E-state index contributed by atoms with van der Waals surface area (Å²) in [5.41, 5.74) is -1.06. The number of amides is 3. The van der Waals surface area contributed by atoms with Gasteiger partial charge in [0.2, 0.25) is 11.8 Å².